The maximum atomic E-state index is 12.1. The fourth-order valence-electron chi connectivity index (χ4n) is 1.75. The third-order valence-corrected chi connectivity index (χ3v) is 3.02. The van der Waals surface area contributed by atoms with Crippen molar-refractivity contribution in [3.05, 3.63) is 29.3 Å². The van der Waals surface area contributed by atoms with Crippen LogP contribution in [0.3, 0.4) is 0 Å². The Labute approximate surface area is 84.5 Å². The number of fused-ring (bicyclic) bond motifs is 1. The molecule has 2 rings (SSSR count). The lowest BCUT2D eigenvalue weighted by molar-refractivity contribution is -0.0328. The molecule has 0 nitrogen and oxygen atoms in total. The van der Waals surface area contributed by atoms with Gasteiger partial charge in [-0.3, -0.25) is 0 Å². The molecule has 0 amide bonds. The largest absolute Gasteiger partial charge is 0.446 e. The number of alkyl halides is 3. The first-order valence-corrected chi connectivity index (χ1v) is 5.24. The van der Waals surface area contributed by atoms with Gasteiger partial charge < -0.3 is 0 Å². The number of rotatable bonds is 1. The molecule has 0 unspecified atom stereocenters. The highest BCUT2D eigenvalue weighted by Crippen LogP contribution is 2.38. The molecule has 0 aliphatic heterocycles. The van der Waals surface area contributed by atoms with Gasteiger partial charge >= 0.3 is 5.51 Å². The molecule has 14 heavy (non-hydrogen) atoms. The van der Waals surface area contributed by atoms with Gasteiger partial charge in [-0.05, 0) is 54.3 Å². The van der Waals surface area contributed by atoms with Crippen LogP contribution in [0.1, 0.15) is 17.5 Å². The highest BCUT2D eigenvalue weighted by molar-refractivity contribution is 8.00. The molecule has 1 aromatic rings. The van der Waals surface area contributed by atoms with Crippen LogP contribution in [0.2, 0.25) is 0 Å². The molecule has 0 aromatic heterocycles. The van der Waals surface area contributed by atoms with Gasteiger partial charge in [0.1, 0.15) is 0 Å². The molecule has 76 valence electrons. The predicted octanol–water partition coefficient (Wildman–Crippen LogP) is 3.79. The Morgan fingerprint density at radius 1 is 1.07 bits per heavy atom. The number of hydrogen-bond donors (Lipinski definition) is 0. The molecule has 0 radical (unpaired) electrons. The summed E-state index contributed by atoms with van der Waals surface area (Å²) < 4.78 is 36.2. The number of thioether (sulfide) groups is 1. The van der Waals surface area contributed by atoms with E-state index in [9.17, 15) is 13.2 Å². The first-order valence-electron chi connectivity index (χ1n) is 4.42. The zero-order valence-electron chi connectivity index (χ0n) is 7.40. The minimum Gasteiger partial charge on any atom is -0.160 e. The molecule has 1 aromatic carbocycles. The smallest absolute Gasteiger partial charge is 0.160 e. The molecule has 0 atom stereocenters. The second kappa shape index (κ2) is 3.50. The van der Waals surface area contributed by atoms with Gasteiger partial charge in [0.25, 0.3) is 0 Å². The summed E-state index contributed by atoms with van der Waals surface area (Å²) in [6, 6.07) is 5.04. The first-order chi connectivity index (χ1) is 6.54. The zero-order valence-corrected chi connectivity index (χ0v) is 8.21. The van der Waals surface area contributed by atoms with E-state index in [4.69, 9.17) is 0 Å². The van der Waals surface area contributed by atoms with E-state index in [1.807, 2.05) is 6.07 Å². The van der Waals surface area contributed by atoms with Crippen LogP contribution in [-0.4, -0.2) is 5.51 Å². The quantitative estimate of drug-likeness (QED) is 0.646. The molecular weight excluding hydrogens is 209 g/mol. The Balaban J connectivity index is 2.21. The Hall–Kier alpha value is -0.640. The fourth-order valence-corrected chi connectivity index (χ4v) is 2.35. The summed E-state index contributed by atoms with van der Waals surface area (Å²) in [5.41, 5.74) is -1.89. The van der Waals surface area contributed by atoms with Crippen LogP contribution in [0.25, 0.3) is 0 Å². The topological polar surface area (TPSA) is 0 Å². The molecule has 0 bridgehead atoms. The number of aryl methyl sites for hydroxylation is 2. The van der Waals surface area contributed by atoms with E-state index in [-0.39, 0.29) is 11.8 Å². The van der Waals surface area contributed by atoms with Crippen molar-refractivity contribution in [3.63, 3.8) is 0 Å². The maximum absolute atomic E-state index is 12.1. The summed E-state index contributed by atoms with van der Waals surface area (Å²) in [6.45, 7) is 0. The van der Waals surface area contributed by atoms with Crippen molar-refractivity contribution in [2.45, 2.75) is 29.7 Å². The second-order valence-electron chi connectivity index (χ2n) is 3.33. The molecule has 0 spiro atoms. The highest BCUT2D eigenvalue weighted by atomic mass is 32.2. The third kappa shape index (κ3) is 2.23. The van der Waals surface area contributed by atoms with Crippen molar-refractivity contribution < 1.29 is 13.2 Å². The number of halogens is 3. The van der Waals surface area contributed by atoms with Gasteiger partial charge in [-0.1, -0.05) is 6.07 Å². The van der Waals surface area contributed by atoms with Crippen LogP contribution in [0.4, 0.5) is 13.2 Å². The van der Waals surface area contributed by atoms with Gasteiger partial charge in [0.05, 0.1) is 0 Å². The third-order valence-electron chi connectivity index (χ3n) is 2.30. The van der Waals surface area contributed by atoms with Crippen molar-refractivity contribution in [3.8, 4) is 0 Å². The van der Waals surface area contributed by atoms with E-state index in [0.29, 0.717) is 4.90 Å². The van der Waals surface area contributed by atoms with Gasteiger partial charge in [0, 0.05) is 4.90 Å². The minimum atomic E-state index is -4.17. The molecule has 0 fully saturated rings. The average Bonchev–Trinajstić information content (AvgIpc) is 2.47. The molecule has 0 saturated carbocycles. The summed E-state index contributed by atoms with van der Waals surface area (Å²) in [5, 5.41) is 0. The predicted molar refractivity (Wildman–Crippen MR) is 50.4 cm³/mol. The lowest BCUT2D eigenvalue weighted by atomic mass is 10.1. The van der Waals surface area contributed by atoms with Crippen LogP contribution in [-0.2, 0) is 12.8 Å². The summed E-state index contributed by atoms with van der Waals surface area (Å²) in [5.74, 6) is 0. The molecular formula is C10H9F3S. The maximum Gasteiger partial charge on any atom is 0.446 e. The van der Waals surface area contributed by atoms with E-state index in [1.165, 1.54) is 5.56 Å². The normalized spacial score (nSPS) is 15.6. The van der Waals surface area contributed by atoms with Crippen LogP contribution in [0.5, 0.6) is 0 Å². The molecule has 4 heteroatoms. The van der Waals surface area contributed by atoms with Crippen LogP contribution >= 0.6 is 11.8 Å². The monoisotopic (exact) mass is 218 g/mol. The van der Waals surface area contributed by atoms with Crippen molar-refractivity contribution in [2.75, 3.05) is 0 Å². The molecule has 1 aliphatic carbocycles. The summed E-state index contributed by atoms with van der Waals surface area (Å²) in [4.78, 5) is 0.304. The Bertz CT molecular complexity index is 344. The lowest BCUT2D eigenvalue weighted by Gasteiger charge is -2.07. The van der Waals surface area contributed by atoms with Gasteiger partial charge in [-0.25, -0.2) is 0 Å². The summed E-state index contributed by atoms with van der Waals surface area (Å²) in [6.07, 6.45) is 2.99. The number of benzene rings is 1. The minimum absolute atomic E-state index is 0.0332. The fraction of sp³-hybridized carbons (Fsp3) is 0.400. The van der Waals surface area contributed by atoms with Crippen LogP contribution in [0, 0.1) is 0 Å². The van der Waals surface area contributed by atoms with Gasteiger partial charge in [0.2, 0.25) is 0 Å². The highest BCUT2D eigenvalue weighted by Gasteiger charge is 2.29. The van der Waals surface area contributed by atoms with Crippen LogP contribution in [0.15, 0.2) is 23.1 Å². The van der Waals surface area contributed by atoms with E-state index >= 15 is 0 Å². The standard InChI is InChI=1S/C10H9F3S/c11-10(12,13)14-9-5-4-7-2-1-3-8(7)6-9/h4-6H,1-3H2. The van der Waals surface area contributed by atoms with Crippen molar-refractivity contribution >= 4 is 11.8 Å². The lowest BCUT2D eigenvalue weighted by Crippen LogP contribution is -1.99. The van der Waals surface area contributed by atoms with Gasteiger partial charge in [-0.2, -0.15) is 13.2 Å². The average molecular weight is 218 g/mol. The Kier molecular flexibility index (Phi) is 2.47. The SMILES string of the molecule is FC(F)(F)Sc1ccc2c(c1)CCC2. The van der Waals surface area contributed by atoms with Crippen molar-refractivity contribution in [1.29, 1.82) is 0 Å². The molecule has 0 N–H and O–H groups in total. The van der Waals surface area contributed by atoms with Crippen molar-refractivity contribution in [2.24, 2.45) is 0 Å². The van der Waals surface area contributed by atoms with E-state index in [2.05, 4.69) is 0 Å². The Morgan fingerprint density at radius 2 is 1.79 bits per heavy atom. The molecule has 1 aliphatic rings. The second-order valence-corrected chi connectivity index (χ2v) is 4.47. The summed E-state index contributed by atoms with van der Waals surface area (Å²) in [7, 11) is 0. The van der Waals surface area contributed by atoms with E-state index in [0.717, 1.165) is 24.8 Å². The van der Waals surface area contributed by atoms with Crippen LogP contribution < -0.4 is 0 Å². The van der Waals surface area contributed by atoms with Gasteiger partial charge in [-0.15, -0.1) is 0 Å². The van der Waals surface area contributed by atoms with Gasteiger partial charge in [0.15, 0.2) is 0 Å². The van der Waals surface area contributed by atoms with E-state index in [1.54, 1.807) is 12.1 Å². The van der Waals surface area contributed by atoms with E-state index < -0.39 is 5.51 Å². The van der Waals surface area contributed by atoms with Crippen molar-refractivity contribution in [1.82, 2.24) is 0 Å². The molecule has 0 saturated heterocycles. The number of hydrogen-bond acceptors (Lipinski definition) is 1. The summed E-state index contributed by atoms with van der Waals surface area (Å²) >= 11 is -0.0332. The Morgan fingerprint density at radius 3 is 2.50 bits per heavy atom. The zero-order chi connectivity index (χ0) is 10.2. The molecule has 0 heterocycles. The first kappa shape index (κ1) is 9.90.